The summed E-state index contributed by atoms with van der Waals surface area (Å²) in [4.78, 5) is 12.8. The van der Waals surface area contributed by atoms with Gasteiger partial charge in [-0.15, -0.1) is 0 Å². The lowest BCUT2D eigenvalue weighted by Gasteiger charge is -2.23. The maximum absolute atomic E-state index is 12.8. The molecule has 1 amide bonds. The van der Waals surface area contributed by atoms with Crippen molar-refractivity contribution in [3.63, 3.8) is 0 Å². The van der Waals surface area contributed by atoms with E-state index >= 15 is 0 Å². The van der Waals surface area contributed by atoms with Crippen LogP contribution in [0.3, 0.4) is 0 Å². The summed E-state index contributed by atoms with van der Waals surface area (Å²) < 4.78 is 26.1. The van der Waals surface area contributed by atoms with Crippen LogP contribution in [0.1, 0.15) is 58.4 Å². The fraction of sp³-hybridized carbons (Fsp3) is 0.296. The summed E-state index contributed by atoms with van der Waals surface area (Å²) in [6.45, 7) is 2.14. The zero-order valence-electron chi connectivity index (χ0n) is 19.4. The topological polar surface area (TPSA) is 66.5 Å². The van der Waals surface area contributed by atoms with Gasteiger partial charge in [0.2, 0.25) is 10.0 Å². The van der Waals surface area contributed by atoms with E-state index in [1.54, 1.807) is 48.5 Å². The van der Waals surface area contributed by atoms with E-state index in [2.05, 4.69) is 23.5 Å². The Balaban J connectivity index is 1.44. The second-order valence-corrected chi connectivity index (χ2v) is 11.2. The Morgan fingerprint density at radius 1 is 1.00 bits per heavy atom. The van der Waals surface area contributed by atoms with Crippen LogP contribution in [0.4, 0.5) is 5.69 Å². The van der Waals surface area contributed by atoms with Crippen molar-refractivity contribution in [3.8, 4) is 0 Å². The van der Waals surface area contributed by atoms with Crippen LogP contribution in [0.5, 0.6) is 0 Å². The SMILES string of the molecule is CC(NC(=O)c1ccc(CN(c2cccc(Cl)c2)S(C)(=O)=O)cc1)c1ccc2c(c1)CCCC2. The maximum atomic E-state index is 12.8. The van der Waals surface area contributed by atoms with Crippen LogP contribution < -0.4 is 9.62 Å². The molecule has 3 aromatic rings. The third-order valence-electron chi connectivity index (χ3n) is 6.26. The number of halogens is 1. The summed E-state index contributed by atoms with van der Waals surface area (Å²) in [5, 5.41) is 3.54. The first kappa shape index (κ1) is 24.3. The minimum Gasteiger partial charge on any atom is -0.346 e. The third kappa shape index (κ3) is 5.80. The Kier molecular flexibility index (Phi) is 7.29. The highest BCUT2D eigenvalue weighted by Crippen LogP contribution is 2.26. The standard InChI is InChI=1S/C27H29ClN2O3S/c1-19(23-15-14-21-6-3-4-7-24(21)16-23)29-27(31)22-12-10-20(11-13-22)18-30(34(2,32)33)26-9-5-8-25(28)17-26/h5,8-17,19H,3-4,6-7,18H2,1-2H3,(H,29,31). The molecule has 1 N–H and O–H groups in total. The van der Waals surface area contributed by atoms with Crippen molar-refractivity contribution in [3.05, 3.63) is 99.6 Å². The molecule has 34 heavy (non-hydrogen) atoms. The highest BCUT2D eigenvalue weighted by Gasteiger charge is 2.19. The van der Waals surface area contributed by atoms with Crippen molar-refractivity contribution < 1.29 is 13.2 Å². The Morgan fingerprint density at radius 3 is 2.38 bits per heavy atom. The molecule has 178 valence electrons. The van der Waals surface area contributed by atoms with Crippen LogP contribution >= 0.6 is 11.6 Å². The van der Waals surface area contributed by atoms with E-state index in [4.69, 9.17) is 11.6 Å². The second-order valence-electron chi connectivity index (χ2n) is 8.88. The fourth-order valence-electron chi connectivity index (χ4n) is 4.34. The molecule has 0 saturated carbocycles. The molecule has 0 spiro atoms. The normalized spacial score (nSPS) is 14.2. The molecule has 1 aliphatic carbocycles. The molecule has 0 heterocycles. The minimum absolute atomic E-state index is 0.108. The number of nitrogens with one attached hydrogen (secondary N) is 1. The molecule has 5 nitrogen and oxygen atoms in total. The lowest BCUT2D eigenvalue weighted by atomic mass is 9.89. The number of benzene rings is 3. The van der Waals surface area contributed by atoms with Crippen LogP contribution in [0.25, 0.3) is 0 Å². The minimum atomic E-state index is -3.52. The van der Waals surface area contributed by atoms with Gasteiger partial charge in [-0.2, -0.15) is 0 Å². The molecule has 1 unspecified atom stereocenters. The zero-order valence-corrected chi connectivity index (χ0v) is 21.0. The number of fused-ring (bicyclic) bond motifs is 1. The van der Waals surface area contributed by atoms with E-state index in [1.165, 1.54) is 28.3 Å². The summed E-state index contributed by atoms with van der Waals surface area (Å²) in [6, 6.07) is 20.2. The van der Waals surface area contributed by atoms with Gasteiger partial charge in [-0.05, 0) is 85.2 Å². The van der Waals surface area contributed by atoms with Gasteiger partial charge < -0.3 is 5.32 Å². The number of sulfonamides is 1. The largest absolute Gasteiger partial charge is 0.346 e. The van der Waals surface area contributed by atoms with Crippen molar-refractivity contribution in [2.45, 2.75) is 45.2 Å². The number of hydrogen-bond acceptors (Lipinski definition) is 3. The number of amides is 1. The van der Waals surface area contributed by atoms with Crippen molar-refractivity contribution in [2.24, 2.45) is 0 Å². The molecule has 4 rings (SSSR count). The van der Waals surface area contributed by atoms with E-state index < -0.39 is 10.0 Å². The quantitative estimate of drug-likeness (QED) is 0.458. The average molecular weight is 497 g/mol. The molecule has 1 aliphatic rings. The van der Waals surface area contributed by atoms with Gasteiger partial charge in [0.1, 0.15) is 0 Å². The van der Waals surface area contributed by atoms with Gasteiger partial charge in [0, 0.05) is 10.6 Å². The van der Waals surface area contributed by atoms with Crippen molar-refractivity contribution in [1.82, 2.24) is 5.32 Å². The second kappa shape index (κ2) is 10.2. The summed E-state index contributed by atoms with van der Waals surface area (Å²) >= 11 is 6.05. The van der Waals surface area contributed by atoms with Crippen molar-refractivity contribution in [2.75, 3.05) is 10.6 Å². The van der Waals surface area contributed by atoms with Gasteiger partial charge in [-0.3, -0.25) is 9.10 Å². The lowest BCUT2D eigenvalue weighted by molar-refractivity contribution is 0.0940. The summed E-state index contributed by atoms with van der Waals surface area (Å²) in [6.07, 6.45) is 5.87. The molecular formula is C27H29ClN2O3S. The van der Waals surface area contributed by atoms with Gasteiger partial charge in [0.05, 0.1) is 24.5 Å². The van der Waals surface area contributed by atoms with E-state index in [9.17, 15) is 13.2 Å². The summed E-state index contributed by atoms with van der Waals surface area (Å²) in [5.74, 6) is -0.161. The molecule has 3 aromatic carbocycles. The monoisotopic (exact) mass is 496 g/mol. The Morgan fingerprint density at radius 2 is 1.71 bits per heavy atom. The maximum Gasteiger partial charge on any atom is 0.251 e. The van der Waals surface area contributed by atoms with E-state index in [0.29, 0.717) is 16.3 Å². The van der Waals surface area contributed by atoms with Gasteiger partial charge >= 0.3 is 0 Å². The number of hydrogen-bond donors (Lipinski definition) is 1. The first-order valence-electron chi connectivity index (χ1n) is 11.5. The molecule has 0 radical (unpaired) electrons. The number of carbonyl (C=O) groups excluding carboxylic acids is 1. The van der Waals surface area contributed by atoms with Crippen LogP contribution in [0.15, 0.2) is 66.7 Å². The van der Waals surface area contributed by atoms with Gasteiger partial charge in [0.25, 0.3) is 5.91 Å². The number of carbonyl (C=O) groups is 1. The predicted octanol–water partition coefficient (Wildman–Crippen LogP) is 5.68. The first-order valence-corrected chi connectivity index (χ1v) is 13.7. The van der Waals surface area contributed by atoms with Gasteiger partial charge in [-0.1, -0.05) is 48.0 Å². The average Bonchev–Trinajstić information content (AvgIpc) is 2.81. The smallest absolute Gasteiger partial charge is 0.251 e. The van der Waals surface area contributed by atoms with Crippen molar-refractivity contribution >= 4 is 33.2 Å². The first-order chi connectivity index (χ1) is 16.2. The Bertz CT molecular complexity index is 1290. The summed E-state index contributed by atoms with van der Waals surface area (Å²) in [7, 11) is -3.52. The number of aryl methyl sites for hydroxylation is 2. The highest BCUT2D eigenvalue weighted by molar-refractivity contribution is 7.92. The van der Waals surface area contributed by atoms with Crippen LogP contribution in [-0.4, -0.2) is 20.6 Å². The van der Waals surface area contributed by atoms with Crippen molar-refractivity contribution in [1.29, 1.82) is 0 Å². The van der Waals surface area contributed by atoms with E-state index in [1.807, 2.05) is 6.92 Å². The van der Waals surface area contributed by atoms with E-state index in [-0.39, 0.29) is 18.5 Å². The predicted molar refractivity (Wildman–Crippen MR) is 138 cm³/mol. The Labute approximate surface area is 206 Å². The lowest BCUT2D eigenvalue weighted by Crippen LogP contribution is -2.29. The Hall–Kier alpha value is -2.83. The van der Waals surface area contributed by atoms with Gasteiger partial charge in [-0.25, -0.2) is 8.42 Å². The number of nitrogens with zero attached hydrogens (tertiary/aromatic N) is 1. The number of anilines is 1. The molecule has 1 atom stereocenters. The molecule has 7 heteroatoms. The van der Waals surface area contributed by atoms with Gasteiger partial charge in [0.15, 0.2) is 0 Å². The number of rotatable bonds is 7. The third-order valence-corrected chi connectivity index (χ3v) is 7.63. The van der Waals surface area contributed by atoms with Crippen LogP contribution in [0.2, 0.25) is 5.02 Å². The fourth-order valence-corrected chi connectivity index (χ4v) is 5.41. The molecule has 0 saturated heterocycles. The highest BCUT2D eigenvalue weighted by atomic mass is 35.5. The van der Waals surface area contributed by atoms with E-state index in [0.717, 1.165) is 30.2 Å². The molecular weight excluding hydrogens is 468 g/mol. The summed E-state index contributed by atoms with van der Waals surface area (Å²) in [5.41, 5.74) is 5.72. The molecule has 0 aromatic heterocycles. The molecule has 0 fully saturated rings. The zero-order chi connectivity index (χ0) is 24.3. The molecule has 0 bridgehead atoms. The van der Waals surface area contributed by atoms with Crippen LogP contribution in [0, 0.1) is 0 Å². The molecule has 0 aliphatic heterocycles. The van der Waals surface area contributed by atoms with Crippen LogP contribution in [-0.2, 0) is 29.4 Å².